The lowest BCUT2D eigenvalue weighted by Crippen LogP contribution is -2.27. The topological polar surface area (TPSA) is 64.4 Å². The summed E-state index contributed by atoms with van der Waals surface area (Å²) in [5, 5.41) is 6.79. The van der Waals surface area contributed by atoms with E-state index in [0.717, 1.165) is 5.56 Å². The van der Waals surface area contributed by atoms with Gasteiger partial charge < -0.3 is 14.6 Å². The SMILES string of the molecule is CCOCCNC(=O)c1c(-c2ccccc2)noc1C. The molecule has 0 unspecified atom stereocenters. The third-order valence-corrected chi connectivity index (χ3v) is 2.87. The number of rotatable bonds is 6. The molecule has 0 aliphatic rings. The Morgan fingerprint density at radius 3 is 2.80 bits per heavy atom. The van der Waals surface area contributed by atoms with Gasteiger partial charge in [0.05, 0.1) is 6.61 Å². The van der Waals surface area contributed by atoms with Crippen LogP contribution in [0.3, 0.4) is 0 Å². The molecule has 0 spiro atoms. The number of aryl methyl sites for hydroxylation is 1. The first-order chi connectivity index (χ1) is 9.74. The highest BCUT2D eigenvalue weighted by molar-refractivity contribution is 6.00. The quantitative estimate of drug-likeness (QED) is 0.822. The van der Waals surface area contributed by atoms with E-state index in [1.54, 1.807) is 6.92 Å². The highest BCUT2D eigenvalue weighted by Crippen LogP contribution is 2.24. The van der Waals surface area contributed by atoms with Crippen molar-refractivity contribution in [2.45, 2.75) is 13.8 Å². The van der Waals surface area contributed by atoms with Crippen LogP contribution >= 0.6 is 0 Å². The van der Waals surface area contributed by atoms with E-state index in [0.29, 0.717) is 36.8 Å². The monoisotopic (exact) mass is 274 g/mol. The van der Waals surface area contributed by atoms with Crippen LogP contribution in [0.1, 0.15) is 23.0 Å². The number of amides is 1. The Bertz CT molecular complexity index is 564. The lowest BCUT2D eigenvalue weighted by molar-refractivity contribution is 0.0921. The highest BCUT2D eigenvalue weighted by Gasteiger charge is 2.20. The smallest absolute Gasteiger partial charge is 0.257 e. The fourth-order valence-corrected chi connectivity index (χ4v) is 1.90. The zero-order valence-electron chi connectivity index (χ0n) is 11.7. The predicted octanol–water partition coefficient (Wildman–Crippen LogP) is 2.42. The van der Waals surface area contributed by atoms with Gasteiger partial charge in [-0.15, -0.1) is 0 Å². The first kappa shape index (κ1) is 14.3. The van der Waals surface area contributed by atoms with Gasteiger partial charge in [-0.1, -0.05) is 35.5 Å². The molecule has 2 aromatic rings. The summed E-state index contributed by atoms with van der Waals surface area (Å²) in [6.45, 7) is 5.24. The number of ether oxygens (including phenoxy) is 1. The minimum absolute atomic E-state index is 0.192. The third kappa shape index (κ3) is 3.24. The molecule has 1 aromatic heterocycles. The molecule has 0 atom stereocenters. The molecule has 0 aliphatic heterocycles. The van der Waals surface area contributed by atoms with Crippen LogP contribution in [0.25, 0.3) is 11.3 Å². The van der Waals surface area contributed by atoms with Crippen LogP contribution in [-0.4, -0.2) is 30.8 Å². The van der Waals surface area contributed by atoms with Gasteiger partial charge in [0.2, 0.25) is 0 Å². The van der Waals surface area contributed by atoms with Crippen molar-refractivity contribution in [1.29, 1.82) is 0 Å². The highest BCUT2D eigenvalue weighted by atomic mass is 16.5. The van der Waals surface area contributed by atoms with Crippen molar-refractivity contribution >= 4 is 5.91 Å². The summed E-state index contributed by atoms with van der Waals surface area (Å²) < 4.78 is 10.3. The summed E-state index contributed by atoms with van der Waals surface area (Å²) in [7, 11) is 0. The largest absolute Gasteiger partial charge is 0.380 e. The number of nitrogens with one attached hydrogen (secondary N) is 1. The van der Waals surface area contributed by atoms with Gasteiger partial charge in [-0.2, -0.15) is 0 Å². The maximum Gasteiger partial charge on any atom is 0.257 e. The maximum atomic E-state index is 12.2. The molecule has 0 fully saturated rings. The number of hydrogen-bond donors (Lipinski definition) is 1. The summed E-state index contributed by atoms with van der Waals surface area (Å²) in [6, 6.07) is 9.51. The zero-order valence-corrected chi connectivity index (χ0v) is 11.7. The average molecular weight is 274 g/mol. The van der Waals surface area contributed by atoms with Crippen LogP contribution in [0.2, 0.25) is 0 Å². The van der Waals surface area contributed by atoms with E-state index < -0.39 is 0 Å². The molecule has 0 saturated carbocycles. The van der Waals surface area contributed by atoms with Crippen LogP contribution < -0.4 is 5.32 Å². The van der Waals surface area contributed by atoms with Gasteiger partial charge >= 0.3 is 0 Å². The zero-order chi connectivity index (χ0) is 14.4. The molecule has 0 saturated heterocycles. The molecule has 5 heteroatoms. The molecular formula is C15H18N2O3. The predicted molar refractivity (Wildman–Crippen MR) is 75.5 cm³/mol. The van der Waals surface area contributed by atoms with Crippen molar-refractivity contribution < 1.29 is 14.1 Å². The van der Waals surface area contributed by atoms with E-state index in [9.17, 15) is 4.79 Å². The molecule has 1 heterocycles. The Morgan fingerprint density at radius 2 is 2.10 bits per heavy atom. The number of nitrogens with zero attached hydrogens (tertiary/aromatic N) is 1. The van der Waals surface area contributed by atoms with Crippen molar-refractivity contribution in [3.05, 3.63) is 41.7 Å². The maximum absolute atomic E-state index is 12.2. The fourth-order valence-electron chi connectivity index (χ4n) is 1.90. The normalized spacial score (nSPS) is 10.5. The molecule has 20 heavy (non-hydrogen) atoms. The Balaban J connectivity index is 2.15. The molecule has 1 aromatic carbocycles. The fraction of sp³-hybridized carbons (Fsp3) is 0.333. The second kappa shape index (κ2) is 6.86. The van der Waals surface area contributed by atoms with Gasteiger partial charge in [0.1, 0.15) is 17.0 Å². The number of carbonyl (C=O) groups is 1. The Kier molecular flexibility index (Phi) is 4.90. The van der Waals surface area contributed by atoms with Gasteiger partial charge in [0.25, 0.3) is 5.91 Å². The van der Waals surface area contributed by atoms with E-state index >= 15 is 0 Å². The second-order valence-electron chi connectivity index (χ2n) is 4.28. The molecule has 0 radical (unpaired) electrons. The average Bonchev–Trinajstić information content (AvgIpc) is 2.86. The molecule has 0 aliphatic carbocycles. The summed E-state index contributed by atoms with van der Waals surface area (Å²) >= 11 is 0. The van der Waals surface area contributed by atoms with Crippen molar-refractivity contribution in [1.82, 2.24) is 10.5 Å². The third-order valence-electron chi connectivity index (χ3n) is 2.87. The summed E-state index contributed by atoms with van der Waals surface area (Å²) in [6.07, 6.45) is 0. The van der Waals surface area contributed by atoms with E-state index in [1.807, 2.05) is 37.3 Å². The van der Waals surface area contributed by atoms with Crippen molar-refractivity contribution in [3.63, 3.8) is 0 Å². The van der Waals surface area contributed by atoms with Gasteiger partial charge in [0, 0.05) is 18.7 Å². The molecular weight excluding hydrogens is 256 g/mol. The standard InChI is InChI=1S/C15H18N2O3/c1-3-19-10-9-16-15(18)13-11(2)20-17-14(13)12-7-5-4-6-8-12/h4-8H,3,9-10H2,1-2H3,(H,16,18). The van der Waals surface area contributed by atoms with Crippen LogP contribution in [0.5, 0.6) is 0 Å². The second-order valence-corrected chi connectivity index (χ2v) is 4.28. The summed E-state index contributed by atoms with van der Waals surface area (Å²) in [5.74, 6) is 0.320. The molecule has 1 amide bonds. The number of benzene rings is 1. The summed E-state index contributed by atoms with van der Waals surface area (Å²) in [4.78, 5) is 12.2. The van der Waals surface area contributed by atoms with Gasteiger partial charge in [-0.25, -0.2) is 0 Å². The number of aromatic nitrogens is 1. The Morgan fingerprint density at radius 1 is 1.35 bits per heavy atom. The molecule has 0 bridgehead atoms. The van der Waals surface area contributed by atoms with Crippen molar-refractivity contribution in [2.75, 3.05) is 19.8 Å². The van der Waals surface area contributed by atoms with Gasteiger partial charge in [0.15, 0.2) is 0 Å². The first-order valence-electron chi connectivity index (χ1n) is 6.61. The van der Waals surface area contributed by atoms with Crippen molar-refractivity contribution in [2.24, 2.45) is 0 Å². The van der Waals surface area contributed by atoms with E-state index in [-0.39, 0.29) is 5.91 Å². The molecule has 106 valence electrons. The first-order valence-corrected chi connectivity index (χ1v) is 6.61. The van der Waals surface area contributed by atoms with E-state index in [2.05, 4.69) is 10.5 Å². The molecule has 1 N–H and O–H groups in total. The molecule has 2 rings (SSSR count). The minimum atomic E-state index is -0.192. The Hall–Kier alpha value is -2.14. The van der Waals surface area contributed by atoms with Crippen LogP contribution in [0.15, 0.2) is 34.9 Å². The lowest BCUT2D eigenvalue weighted by atomic mass is 10.1. The lowest BCUT2D eigenvalue weighted by Gasteiger charge is -2.05. The number of hydrogen-bond acceptors (Lipinski definition) is 4. The number of carbonyl (C=O) groups excluding carboxylic acids is 1. The van der Waals surface area contributed by atoms with Crippen LogP contribution in [0, 0.1) is 6.92 Å². The van der Waals surface area contributed by atoms with E-state index in [4.69, 9.17) is 9.26 Å². The summed E-state index contributed by atoms with van der Waals surface area (Å²) in [5.41, 5.74) is 1.91. The van der Waals surface area contributed by atoms with E-state index in [1.165, 1.54) is 0 Å². The van der Waals surface area contributed by atoms with Gasteiger partial charge in [-0.3, -0.25) is 4.79 Å². The van der Waals surface area contributed by atoms with Gasteiger partial charge in [-0.05, 0) is 13.8 Å². The molecule has 5 nitrogen and oxygen atoms in total. The minimum Gasteiger partial charge on any atom is -0.380 e. The van der Waals surface area contributed by atoms with Crippen LogP contribution in [0.4, 0.5) is 0 Å². The van der Waals surface area contributed by atoms with Crippen LogP contribution in [-0.2, 0) is 4.74 Å². The Labute approximate surface area is 117 Å². The van der Waals surface area contributed by atoms with Crippen molar-refractivity contribution in [3.8, 4) is 11.3 Å².